The minimum atomic E-state index is -3.80. The highest BCUT2D eigenvalue weighted by atomic mass is 32.2. The molecule has 0 amide bonds. The molecular weight excluding hydrogens is 352 g/mol. The van der Waals surface area contributed by atoms with Gasteiger partial charge < -0.3 is 5.32 Å². The number of fused-ring (bicyclic) bond motifs is 1. The first kappa shape index (κ1) is 18.1. The van der Waals surface area contributed by atoms with Crippen LogP contribution in [0.25, 0.3) is 11.0 Å². The molecule has 0 unspecified atom stereocenters. The number of para-hydroxylation sites is 2. The van der Waals surface area contributed by atoms with Crippen molar-refractivity contribution >= 4 is 32.7 Å². The van der Waals surface area contributed by atoms with Gasteiger partial charge in [0.1, 0.15) is 4.90 Å². The summed E-state index contributed by atoms with van der Waals surface area (Å²) in [6.07, 6.45) is 3.66. The van der Waals surface area contributed by atoms with E-state index in [-0.39, 0.29) is 10.7 Å². The first-order valence-electron chi connectivity index (χ1n) is 8.37. The Morgan fingerprint density at radius 1 is 1.12 bits per heavy atom. The molecule has 0 aliphatic heterocycles. The molecule has 0 saturated heterocycles. The van der Waals surface area contributed by atoms with Gasteiger partial charge in [-0.2, -0.15) is 5.10 Å². The predicted molar refractivity (Wildman–Crippen MR) is 101 cm³/mol. The van der Waals surface area contributed by atoms with Gasteiger partial charge in [-0.3, -0.25) is 9.40 Å². The van der Waals surface area contributed by atoms with E-state index in [2.05, 4.69) is 39.0 Å². The maximum Gasteiger partial charge on any atom is 0.266 e. The molecule has 0 fully saturated rings. The maximum atomic E-state index is 12.6. The third kappa shape index (κ3) is 4.10. The van der Waals surface area contributed by atoms with E-state index in [1.165, 1.54) is 17.1 Å². The quantitative estimate of drug-likeness (QED) is 0.659. The molecule has 9 heteroatoms. The van der Waals surface area contributed by atoms with Crippen LogP contribution in [0.1, 0.15) is 20.3 Å². The van der Waals surface area contributed by atoms with Crippen molar-refractivity contribution in [3.05, 3.63) is 36.7 Å². The number of rotatable bonds is 7. The fraction of sp³-hybridized carbons (Fsp3) is 0.353. The Morgan fingerprint density at radius 3 is 2.35 bits per heavy atom. The van der Waals surface area contributed by atoms with Gasteiger partial charge in [0.05, 0.1) is 17.2 Å². The van der Waals surface area contributed by atoms with Gasteiger partial charge >= 0.3 is 0 Å². The number of aryl methyl sites for hydroxylation is 1. The molecule has 3 aromatic rings. The van der Waals surface area contributed by atoms with Gasteiger partial charge in [0.2, 0.25) is 0 Å². The zero-order valence-electron chi connectivity index (χ0n) is 15.0. The summed E-state index contributed by atoms with van der Waals surface area (Å²) in [7, 11) is -2.14. The van der Waals surface area contributed by atoms with E-state index in [0.29, 0.717) is 29.3 Å². The van der Waals surface area contributed by atoms with Crippen LogP contribution in [0.3, 0.4) is 0 Å². The second kappa shape index (κ2) is 7.28. The van der Waals surface area contributed by atoms with Crippen LogP contribution in [0.5, 0.6) is 0 Å². The monoisotopic (exact) mass is 374 g/mol. The maximum absolute atomic E-state index is 12.6. The summed E-state index contributed by atoms with van der Waals surface area (Å²) in [5.41, 5.74) is 1.31. The van der Waals surface area contributed by atoms with Crippen molar-refractivity contribution in [1.29, 1.82) is 0 Å². The van der Waals surface area contributed by atoms with E-state index in [4.69, 9.17) is 0 Å². The van der Waals surface area contributed by atoms with Crippen LogP contribution in [-0.4, -0.2) is 34.7 Å². The Morgan fingerprint density at radius 2 is 1.77 bits per heavy atom. The number of hydrogen-bond donors (Lipinski definition) is 2. The lowest BCUT2D eigenvalue weighted by Crippen LogP contribution is -2.17. The summed E-state index contributed by atoms with van der Waals surface area (Å²) < 4.78 is 29.2. The van der Waals surface area contributed by atoms with E-state index in [1.54, 1.807) is 13.1 Å². The van der Waals surface area contributed by atoms with E-state index < -0.39 is 10.0 Å². The molecule has 0 spiro atoms. The number of nitrogens with one attached hydrogen (secondary N) is 2. The molecule has 0 radical (unpaired) electrons. The average molecular weight is 374 g/mol. The second-order valence-electron chi connectivity index (χ2n) is 6.47. The fourth-order valence-electron chi connectivity index (χ4n) is 2.40. The minimum absolute atomic E-state index is 0.0723. The van der Waals surface area contributed by atoms with Crippen molar-refractivity contribution in [1.82, 2.24) is 19.7 Å². The van der Waals surface area contributed by atoms with Crippen LogP contribution in [0, 0.1) is 5.92 Å². The van der Waals surface area contributed by atoms with Crippen LogP contribution in [-0.2, 0) is 17.1 Å². The Hall–Kier alpha value is -2.68. The van der Waals surface area contributed by atoms with Crippen LogP contribution < -0.4 is 10.0 Å². The van der Waals surface area contributed by atoms with Gasteiger partial charge in [0.15, 0.2) is 11.6 Å². The summed E-state index contributed by atoms with van der Waals surface area (Å²) in [4.78, 5) is 9.05. The normalized spacial score (nSPS) is 11.8. The molecule has 26 heavy (non-hydrogen) atoms. The van der Waals surface area contributed by atoms with Gasteiger partial charge in [-0.25, -0.2) is 18.4 Å². The second-order valence-corrected chi connectivity index (χ2v) is 8.16. The lowest BCUT2D eigenvalue weighted by Gasteiger charge is -2.14. The van der Waals surface area contributed by atoms with E-state index in [0.717, 1.165) is 6.42 Å². The number of benzene rings is 1. The van der Waals surface area contributed by atoms with E-state index >= 15 is 0 Å². The first-order valence-corrected chi connectivity index (χ1v) is 9.85. The Kier molecular flexibility index (Phi) is 5.08. The van der Waals surface area contributed by atoms with Gasteiger partial charge in [-0.05, 0) is 24.5 Å². The fourth-order valence-corrected chi connectivity index (χ4v) is 3.39. The van der Waals surface area contributed by atoms with Crippen molar-refractivity contribution < 1.29 is 8.42 Å². The molecule has 0 saturated carbocycles. The van der Waals surface area contributed by atoms with Crippen molar-refractivity contribution in [2.75, 3.05) is 16.6 Å². The lowest BCUT2D eigenvalue weighted by atomic mass is 10.1. The highest BCUT2D eigenvalue weighted by Crippen LogP contribution is 2.24. The van der Waals surface area contributed by atoms with Crippen molar-refractivity contribution in [3.63, 3.8) is 0 Å². The van der Waals surface area contributed by atoms with Gasteiger partial charge in [-0.1, -0.05) is 26.0 Å². The predicted octanol–water partition coefficient (Wildman–Crippen LogP) is 2.62. The number of sulfonamides is 1. The summed E-state index contributed by atoms with van der Waals surface area (Å²) >= 11 is 0. The van der Waals surface area contributed by atoms with E-state index in [9.17, 15) is 8.42 Å². The molecule has 2 heterocycles. The topological polar surface area (TPSA) is 102 Å². The van der Waals surface area contributed by atoms with Gasteiger partial charge in [0.25, 0.3) is 10.0 Å². The summed E-state index contributed by atoms with van der Waals surface area (Å²) in [6, 6.07) is 7.34. The van der Waals surface area contributed by atoms with Crippen LogP contribution in [0.15, 0.2) is 41.6 Å². The third-order valence-electron chi connectivity index (χ3n) is 3.81. The molecule has 2 aromatic heterocycles. The zero-order valence-corrected chi connectivity index (χ0v) is 15.8. The molecule has 138 valence electrons. The molecule has 3 rings (SSSR count). The Labute approximate surface area is 152 Å². The summed E-state index contributed by atoms with van der Waals surface area (Å²) in [6.45, 7) is 4.92. The molecule has 2 N–H and O–H groups in total. The number of hydrogen-bond acceptors (Lipinski definition) is 6. The standard InChI is InChI=1S/C17H22N6O2S/c1-12(2)8-9-18-16-17(21-15-7-5-4-6-14(15)20-16)22-26(24,25)13-10-19-23(3)11-13/h4-7,10-12H,8-9H2,1-3H3,(H,18,20)(H,21,22). The Balaban J connectivity index is 1.96. The average Bonchev–Trinajstić information content (AvgIpc) is 3.02. The van der Waals surface area contributed by atoms with Gasteiger partial charge in [0, 0.05) is 19.8 Å². The molecule has 0 aliphatic rings. The van der Waals surface area contributed by atoms with Crippen LogP contribution >= 0.6 is 0 Å². The number of aromatic nitrogens is 4. The highest BCUT2D eigenvalue weighted by molar-refractivity contribution is 7.92. The highest BCUT2D eigenvalue weighted by Gasteiger charge is 2.20. The van der Waals surface area contributed by atoms with Crippen molar-refractivity contribution in [2.24, 2.45) is 13.0 Å². The smallest absolute Gasteiger partial charge is 0.266 e. The minimum Gasteiger partial charge on any atom is -0.367 e. The van der Waals surface area contributed by atoms with Gasteiger partial charge in [-0.15, -0.1) is 0 Å². The van der Waals surface area contributed by atoms with Crippen molar-refractivity contribution in [3.8, 4) is 0 Å². The first-order chi connectivity index (χ1) is 12.3. The summed E-state index contributed by atoms with van der Waals surface area (Å²) in [5.74, 6) is 1.11. The van der Waals surface area contributed by atoms with Crippen LogP contribution in [0.4, 0.5) is 11.6 Å². The van der Waals surface area contributed by atoms with E-state index in [1.807, 2.05) is 18.2 Å². The number of anilines is 2. The van der Waals surface area contributed by atoms with Crippen LogP contribution in [0.2, 0.25) is 0 Å². The Bertz CT molecular complexity index is 1010. The summed E-state index contributed by atoms with van der Waals surface area (Å²) in [5, 5.41) is 7.11. The molecular formula is C17H22N6O2S. The van der Waals surface area contributed by atoms with Crippen molar-refractivity contribution in [2.45, 2.75) is 25.2 Å². The lowest BCUT2D eigenvalue weighted by molar-refractivity contribution is 0.600. The zero-order chi connectivity index (χ0) is 18.7. The SMILES string of the molecule is CC(C)CCNc1nc2ccccc2nc1NS(=O)(=O)c1cnn(C)c1. The molecule has 0 aliphatic carbocycles. The molecule has 0 bridgehead atoms. The largest absolute Gasteiger partial charge is 0.367 e. The third-order valence-corrected chi connectivity index (χ3v) is 5.10. The molecule has 1 aromatic carbocycles. The number of nitrogens with zero attached hydrogens (tertiary/aromatic N) is 4. The molecule has 0 atom stereocenters. The molecule has 8 nitrogen and oxygen atoms in total.